The predicted octanol–water partition coefficient (Wildman–Crippen LogP) is 3.90. The number of ether oxygens (including phenoxy) is 2. The number of aldehydes is 1. The number of carboxylic acids is 1. The molecule has 0 radical (unpaired) electrons. The maximum atomic E-state index is 12.8. The first-order valence-electron chi connectivity index (χ1n) is 12.0. The monoisotopic (exact) mass is 522 g/mol. The summed E-state index contributed by atoms with van der Waals surface area (Å²) in [5.74, 6) is 0.154. The van der Waals surface area contributed by atoms with Crippen LogP contribution in [0, 0.1) is 5.92 Å². The third kappa shape index (κ3) is 7.29. The van der Waals surface area contributed by atoms with Crippen LogP contribution in [0.25, 0.3) is 0 Å². The van der Waals surface area contributed by atoms with Gasteiger partial charge in [-0.2, -0.15) is 0 Å². The van der Waals surface area contributed by atoms with Gasteiger partial charge in [-0.25, -0.2) is 4.98 Å². The molecule has 1 atom stereocenters. The van der Waals surface area contributed by atoms with Gasteiger partial charge in [0.25, 0.3) is 5.91 Å². The van der Waals surface area contributed by atoms with E-state index in [4.69, 9.17) is 9.47 Å². The Bertz CT molecular complexity index is 1230. The van der Waals surface area contributed by atoms with Crippen molar-refractivity contribution in [3.63, 3.8) is 0 Å². The first-order chi connectivity index (χ1) is 17.8. The number of carbonyl (C=O) groups excluding carboxylic acids is 3. The minimum absolute atomic E-state index is 0.107. The van der Waals surface area contributed by atoms with Crippen molar-refractivity contribution in [1.82, 2.24) is 4.98 Å². The molecule has 1 amide bonds. The summed E-state index contributed by atoms with van der Waals surface area (Å²) in [6.45, 7) is 4.32. The highest BCUT2D eigenvalue weighted by molar-refractivity contribution is 7.13. The van der Waals surface area contributed by atoms with Gasteiger partial charge < -0.3 is 29.1 Å². The van der Waals surface area contributed by atoms with Gasteiger partial charge in [-0.3, -0.25) is 10.1 Å². The number of benzene rings is 2. The van der Waals surface area contributed by atoms with E-state index in [-0.39, 0.29) is 18.4 Å². The van der Waals surface area contributed by atoms with Crippen molar-refractivity contribution in [1.29, 1.82) is 0 Å². The fourth-order valence-electron chi connectivity index (χ4n) is 3.83. The van der Waals surface area contributed by atoms with Crippen LogP contribution < -0.4 is 24.8 Å². The van der Waals surface area contributed by atoms with Gasteiger partial charge in [0, 0.05) is 41.9 Å². The van der Waals surface area contributed by atoms with Crippen LogP contribution in [0.5, 0.6) is 17.2 Å². The number of hydrogen-bond acceptors (Lipinski definition) is 9. The summed E-state index contributed by atoms with van der Waals surface area (Å²) in [5, 5.41) is 16.7. The number of carbonyl (C=O) groups is 3. The summed E-state index contributed by atoms with van der Waals surface area (Å²) in [6.07, 6.45) is 4.02. The van der Waals surface area contributed by atoms with Crippen LogP contribution in [-0.4, -0.2) is 41.8 Å². The molecule has 1 aromatic heterocycles. The molecule has 10 heteroatoms. The molecule has 1 aliphatic carbocycles. The van der Waals surface area contributed by atoms with Crippen molar-refractivity contribution >= 4 is 40.3 Å². The Morgan fingerprint density at radius 1 is 1.16 bits per heavy atom. The zero-order valence-corrected chi connectivity index (χ0v) is 21.4. The van der Waals surface area contributed by atoms with Crippen LogP contribution in [0.2, 0.25) is 0 Å². The second kappa shape index (κ2) is 11.9. The molecule has 2 aromatic carbocycles. The highest BCUT2D eigenvalue weighted by Gasteiger charge is 2.29. The molecular weight excluding hydrogens is 494 g/mol. The van der Waals surface area contributed by atoms with E-state index in [1.54, 1.807) is 58.9 Å². The summed E-state index contributed by atoms with van der Waals surface area (Å²) in [4.78, 5) is 41.4. The summed E-state index contributed by atoms with van der Waals surface area (Å²) < 4.78 is 11.8. The molecule has 0 aliphatic heterocycles. The van der Waals surface area contributed by atoms with Crippen LogP contribution in [0.1, 0.15) is 43.5 Å². The molecule has 3 aromatic rings. The summed E-state index contributed by atoms with van der Waals surface area (Å²) in [6, 6.07) is 10.9. The third-order valence-corrected chi connectivity index (χ3v) is 6.38. The van der Waals surface area contributed by atoms with Crippen LogP contribution >= 0.6 is 11.3 Å². The third-order valence-electron chi connectivity index (χ3n) is 5.69. The standard InChI is InChI=1S/C27H29N3O6S/c1-17(2)35-22-13-19(25(32)29-27-28-10-12-37-27)14-23(15-22)36-21-7-5-20(6-8-21)30(16-18-3-4-18)24(9-11-31)26(33)34/h5-8,10-15,17-18,24H,3-4,9,16H2,1-2H3,(H,33,34)(H,28,29,32)/p-1. The van der Waals surface area contributed by atoms with E-state index in [1.807, 2.05) is 13.8 Å². The molecule has 1 N–H and O–H groups in total. The largest absolute Gasteiger partial charge is 0.548 e. The van der Waals surface area contributed by atoms with Gasteiger partial charge in [-0.1, -0.05) is 0 Å². The van der Waals surface area contributed by atoms with Gasteiger partial charge in [0.05, 0.1) is 18.1 Å². The number of nitrogens with zero attached hydrogens (tertiary/aromatic N) is 2. The fourth-order valence-corrected chi connectivity index (χ4v) is 4.36. The number of aliphatic carboxylic acids is 1. The lowest BCUT2D eigenvalue weighted by Crippen LogP contribution is -2.49. The Morgan fingerprint density at radius 2 is 1.89 bits per heavy atom. The molecule has 194 valence electrons. The Hall–Kier alpha value is -3.92. The molecular formula is C27H28N3O6S-. The molecule has 0 saturated heterocycles. The van der Waals surface area contributed by atoms with Crippen LogP contribution in [0.4, 0.5) is 10.8 Å². The fraction of sp³-hybridized carbons (Fsp3) is 0.333. The number of amides is 1. The minimum Gasteiger partial charge on any atom is -0.548 e. The number of hydrogen-bond donors (Lipinski definition) is 1. The smallest absolute Gasteiger partial charge is 0.257 e. The molecule has 1 aliphatic rings. The number of aromatic nitrogens is 1. The lowest BCUT2D eigenvalue weighted by molar-refractivity contribution is -0.307. The first-order valence-corrected chi connectivity index (χ1v) is 12.9. The number of thiazole rings is 1. The molecule has 1 fully saturated rings. The number of rotatable bonds is 13. The minimum atomic E-state index is -1.28. The maximum absolute atomic E-state index is 12.8. The number of carboxylic acid groups (broad SMARTS) is 1. The van der Waals surface area contributed by atoms with E-state index in [2.05, 4.69) is 10.3 Å². The lowest BCUT2D eigenvalue weighted by atomic mass is 10.1. The van der Waals surface area contributed by atoms with E-state index in [0.717, 1.165) is 12.8 Å². The SMILES string of the molecule is CC(C)Oc1cc(Oc2ccc(N(CC3CC3)C(CC=O)C(=O)[O-])cc2)cc(C(=O)Nc2nccs2)c1. The van der Waals surface area contributed by atoms with Crippen molar-refractivity contribution in [2.75, 3.05) is 16.8 Å². The first kappa shape index (κ1) is 26.2. The van der Waals surface area contributed by atoms with Gasteiger partial charge >= 0.3 is 0 Å². The van der Waals surface area contributed by atoms with Crippen LogP contribution in [-0.2, 0) is 9.59 Å². The highest BCUT2D eigenvalue weighted by atomic mass is 32.1. The molecule has 1 unspecified atom stereocenters. The Kier molecular flexibility index (Phi) is 8.39. The van der Waals surface area contributed by atoms with Gasteiger partial charge in [0.2, 0.25) is 0 Å². The molecule has 1 heterocycles. The van der Waals surface area contributed by atoms with Crippen molar-refractivity contribution < 1.29 is 29.0 Å². The van der Waals surface area contributed by atoms with E-state index < -0.39 is 12.0 Å². The zero-order chi connectivity index (χ0) is 26.4. The average molecular weight is 523 g/mol. The van der Waals surface area contributed by atoms with Crippen molar-refractivity contribution in [2.24, 2.45) is 5.92 Å². The van der Waals surface area contributed by atoms with Gasteiger partial charge in [-0.15, -0.1) is 11.3 Å². The summed E-state index contributed by atoms with van der Waals surface area (Å²) in [7, 11) is 0. The predicted molar refractivity (Wildman–Crippen MR) is 138 cm³/mol. The van der Waals surface area contributed by atoms with Crippen molar-refractivity contribution in [2.45, 2.75) is 45.3 Å². The normalized spacial score (nSPS) is 13.6. The summed E-state index contributed by atoms with van der Waals surface area (Å²) >= 11 is 1.32. The molecule has 0 spiro atoms. The second-order valence-electron chi connectivity index (χ2n) is 9.08. The Labute approximate surface area is 219 Å². The quantitative estimate of drug-likeness (QED) is 0.336. The maximum Gasteiger partial charge on any atom is 0.257 e. The average Bonchev–Trinajstić information content (AvgIpc) is 3.53. The van der Waals surface area contributed by atoms with E-state index in [0.29, 0.717) is 52.4 Å². The molecule has 1 saturated carbocycles. The van der Waals surface area contributed by atoms with Gasteiger partial charge in [0.15, 0.2) is 5.13 Å². The molecule has 4 rings (SSSR count). The Balaban J connectivity index is 1.55. The summed E-state index contributed by atoms with van der Waals surface area (Å²) in [5.41, 5.74) is 1.01. The zero-order valence-electron chi connectivity index (χ0n) is 20.6. The van der Waals surface area contributed by atoms with Gasteiger partial charge in [0.1, 0.15) is 23.5 Å². The topological polar surface area (TPSA) is 121 Å². The second-order valence-corrected chi connectivity index (χ2v) is 9.97. The highest BCUT2D eigenvalue weighted by Crippen LogP contribution is 2.34. The van der Waals surface area contributed by atoms with Crippen LogP contribution in [0.15, 0.2) is 54.0 Å². The lowest BCUT2D eigenvalue weighted by Gasteiger charge is -2.33. The van der Waals surface area contributed by atoms with E-state index >= 15 is 0 Å². The number of anilines is 2. The van der Waals surface area contributed by atoms with Gasteiger partial charge in [-0.05, 0) is 69.0 Å². The Morgan fingerprint density at radius 3 is 2.49 bits per heavy atom. The molecule has 9 nitrogen and oxygen atoms in total. The number of nitrogens with one attached hydrogen (secondary N) is 1. The molecule has 37 heavy (non-hydrogen) atoms. The van der Waals surface area contributed by atoms with Crippen LogP contribution in [0.3, 0.4) is 0 Å². The van der Waals surface area contributed by atoms with Crippen molar-refractivity contribution in [3.8, 4) is 17.2 Å². The van der Waals surface area contributed by atoms with Crippen molar-refractivity contribution in [3.05, 3.63) is 59.6 Å². The van der Waals surface area contributed by atoms with E-state index in [9.17, 15) is 19.5 Å². The molecule has 0 bridgehead atoms. The van der Waals surface area contributed by atoms with E-state index in [1.165, 1.54) is 11.3 Å².